The van der Waals surface area contributed by atoms with E-state index in [9.17, 15) is 14.4 Å². The highest BCUT2D eigenvalue weighted by Crippen LogP contribution is 2.10. The summed E-state index contributed by atoms with van der Waals surface area (Å²) in [6, 6.07) is -1.05. The average Bonchev–Trinajstić information content (AvgIpc) is 3.00. The number of aromatic nitrogens is 2. The van der Waals surface area contributed by atoms with Gasteiger partial charge in [-0.25, -0.2) is 4.98 Å². The topological polar surface area (TPSA) is 118 Å². The number of nitrogens with one attached hydrogen (secondary N) is 1. The van der Waals surface area contributed by atoms with E-state index in [2.05, 4.69) is 15.3 Å². The third-order valence-electron chi connectivity index (χ3n) is 3.47. The van der Waals surface area contributed by atoms with Gasteiger partial charge in [0.15, 0.2) is 0 Å². The van der Waals surface area contributed by atoms with E-state index in [1.165, 1.54) is 12.4 Å². The number of nitrogens with two attached hydrogens (primary N) is 1. The van der Waals surface area contributed by atoms with E-state index >= 15 is 0 Å². The number of likely N-dealkylation sites (tertiary alicyclic amines) is 1. The van der Waals surface area contributed by atoms with Gasteiger partial charge >= 0.3 is 0 Å². The molecule has 0 bridgehead atoms. The van der Waals surface area contributed by atoms with Crippen molar-refractivity contribution in [2.24, 2.45) is 5.73 Å². The monoisotopic (exact) mass is 305 g/mol. The number of rotatable bonds is 5. The van der Waals surface area contributed by atoms with Crippen LogP contribution >= 0.6 is 0 Å². The summed E-state index contributed by atoms with van der Waals surface area (Å²) in [7, 11) is 0. The Morgan fingerprint density at radius 3 is 2.59 bits per heavy atom. The van der Waals surface area contributed by atoms with Crippen LogP contribution in [0.2, 0.25) is 0 Å². The molecule has 8 nitrogen and oxygen atoms in total. The lowest BCUT2D eigenvalue weighted by atomic mass is 10.1. The molecule has 22 heavy (non-hydrogen) atoms. The molecule has 0 unspecified atom stereocenters. The summed E-state index contributed by atoms with van der Waals surface area (Å²) in [5.74, 6) is -1.51. The van der Waals surface area contributed by atoms with Crippen LogP contribution in [0.15, 0.2) is 12.4 Å². The first kappa shape index (κ1) is 15.9. The molecular weight excluding hydrogens is 286 g/mol. The fourth-order valence-electron chi connectivity index (χ4n) is 2.30. The van der Waals surface area contributed by atoms with Gasteiger partial charge in [0.1, 0.15) is 11.7 Å². The van der Waals surface area contributed by atoms with Crippen molar-refractivity contribution in [2.45, 2.75) is 32.2 Å². The molecule has 1 aliphatic heterocycles. The van der Waals surface area contributed by atoms with Gasteiger partial charge in [-0.1, -0.05) is 0 Å². The molecule has 1 atom stereocenters. The second-order valence-corrected chi connectivity index (χ2v) is 5.27. The lowest BCUT2D eigenvalue weighted by molar-refractivity contribution is -0.133. The molecule has 0 spiro atoms. The SMILES string of the molecule is Cc1cncc(C(=O)N[C@H](CC(=O)N2CCCC2)C(N)=O)n1. The zero-order chi connectivity index (χ0) is 16.1. The molecule has 0 aliphatic carbocycles. The molecule has 8 heteroatoms. The fraction of sp³-hybridized carbons (Fsp3) is 0.500. The van der Waals surface area contributed by atoms with Crippen molar-refractivity contribution in [1.29, 1.82) is 0 Å². The zero-order valence-electron chi connectivity index (χ0n) is 12.4. The van der Waals surface area contributed by atoms with Crippen LogP contribution in [0.4, 0.5) is 0 Å². The Labute approximate surface area is 128 Å². The molecule has 3 amide bonds. The van der Waals surface area contributed by atoms with Crippen LogP contribution in [0.25, 0.3) is 0 Å². The summed E-state index contributed by atoms with van der Waals surface area (Å²) in [5, 5.41) is 2.45. The Bertz CT molecular complexity index is 584. The van der Waals surface area contributed by atoms with Gasteiger partial charge in [0, 0.05) is 19.3 Å². The summed E-state index contributed by atoms with van der Waals surface area (Å²) in [5.41, 5.74) is 5.94. The van der Waals surface area contributed by atoms with Crippen molar-refractivity contribution in [3.8, 4) is 0 Å². The first-order chi connectivity index (χ1) is 10.5. The van der Waals surface area contributed by atoms with E-state index in [-0.39, 0.29) is 18.0 Å². The summed E-state index contributed by atoms with van der Waals surface area (Å²) < 4.78 is 0. The molecular formula is C14H19N5O3. The highest BCUT2D eigenvalue weighted by Gasteiger charge is 2.26. The number of nitrogens with zero attached hydrogens (tertiary/aromatic N) is 3. The van der Waals surface area contributed by atoms with E-state index in [1.807, 2.05) is 0 Å². The fourth-order valence-corrected chi connectivity index (χ4v) is 2.30. The van der Waals surface area contributed by atoms with Crippen LogP contribution in [0.3, 0.4) is 0 Å². The predicted molar refractivity (Wildman–Crippen MR) is 77.6 cm³/mol. The van der Waals surface area contributed by atoms with Crippen molar-refractivity contribution in [2.75, 3.05) is 13.1 Å². The minimum atomic E-state index is -1.05. The summed E-state index contributed by atoms with van der Waals surface area (Å²) in [6.07, 6.45) is 4.58. The average molecular weight is 305 g/mol. The molecule has 118 valence electrons. The Balaban J connectivity index is 2.00. The van der Waals surface area contributed by atoms with Gasteiger partial charge in [0.25, 0.3) is 5.91 Å². The third kappa shape index (κ3) is 4.00. The van der Waals surface area contributed by atoms with Crippen LogP contribution in [0, 0.1) is 6.92 Å². The second kappa shape index (κ2) is 6.97. The largest absolute Gasteiger partial charge is 0.368 e. The summed E-state index contributed by atoms with van der Waals surface area (Å²) in [4.78, 5) is 45.2. The lowest BCUT2D eigenvalue weighted by Gasteiger charge is -2.19. The number of amides is 3. The van der Waals surface area contributed by atoms with Crippen molar-refractivity contribution < 1.29 is 14.4 Å². The van der Waals surface area contributed by atoms with E-state index in [0.29, 0.717) is 18.8 Å². The molecule has 2 heterocycles. The van der Waals surface area contributed by atoms with Gasteiger partial charge < -0.3 is 16.0 Å². The summed E-state index contributed by atoms with van der Waals surface area (Å²) in [6.45, 7) is 3.06. The first-order valence-corrected chi connectivity index (χ1v) is 7.14. The quantitative estimate of drug-likeness (QED) is 0.751. The van der Waals surface area contributed by atoms with Crippen molar-refractivity contribution >= 4 is 17.7 Å². The van der Waals surface area contributed by atoms with Crippen molar-refractivity contribution in [3.63, 3.8) is 0 Å². The van der Waals surface area contributed by atoms with Crippen molar-refractivity contribution in [1.82, 2.24) is 20.2 Å². The predicted octanol–water partition coefficient (Wildman–Crippen LogP) is -0.619. The van der Waals surface area contributed by atoms with E-state index in [0.717, 1.165) is 12.8 Å². The Kier molecular flexibility index (Phi) is 5.03. The van der Waals surface area contributed by atoms with Gasteiger partial charge in [-0.05, 0) is 19.8 Å². The maximum absolute atomic E-state index is 12.1. The smallest absolute Gasteiger partial charge is 0.272 e. The van der Waals surface area contributed by atoms with Gasteiger partial charge in [-0.3, -0.25) is 19.4 Å². The van der Waals surface area contributed by atoms with Gasteiger partial charge in [0.05, 0.1) is 18.3 Å². The lowest BCUT2D eigenvalue weighted by Crippen LogP contribution is -2.47. The number of hydrogen-bond donors (Lipinski definition) is 2. The van der Waals surface area contributed by atoms with Gasteiger partial charge in [0.2, 0.25) is 11.8 Å². The number of carbonyl (C=O) groups is 3. The number of hydrogen-bond acceptors (Lipinski definition) is 5. The molecule has 0 radical (unpaired) electrons. The molecule has 1 aliphatic rings. The van der Waals surface area contributed by atoms with Crippen LogP contribution in [-0.4, -0.2) is 51.7 Å². The standard InChI is InChI=1S/C14H19N5O3/c1-9-7-16-8-11(17-9)14(22)18-10(13(15)21)6-12(20)19-4-2-3-5-19/h7-8,10H,2-6H2,1H3,(H2,15,21)(H,18,22)/t10-/m1/s1. The highest BCUT2D eigenvalue weighted by molar-refractivity contribution is 5.97. The minimum absolute atomic E-state index is 0.0832. The Morgan fingerprint density at radius 2 is 2.00 bits per heavy atom. The van der Waals surface area contributed by atoms with E-state index in [1.54, 1.807) is 11.8 Å². The second-order valence-electron chi connectivity index (χ2n) is 5.27. The maximum atomic E-state index is 12.1. The molecule has 1 aromatic heterocycles. The normalized spacial score (nSPS) is 15.4. The van der Waals surface area contributed by atoms with Crippen LogP contribution in [0.1, 0.15) is 35.4 Å². The van der Waals surface area contributed by atoms with E-state index in [4.69, 9.17) is 5.73 Å². The third-order valence-corrected chi connectivity index (χ3v) is 3.47. The zero-order valence-corrected chi connectivity index (χ0v) is 12.4. The van der Waals surface area contributed by atoms with E-state index < -0.39 is 17.9 Å². The molecule has 3 N–H and O–H groups in total. The highest BCUT2D eigenvalue weighted by atomic mass is 16.2. The van der Waals surface area contributed by atoms with Gasteiger partial charge in [-0.2, -0.15) is 0 Å². The van der Waals surface area contributed by atoms with Crippen molar-refractivity contribution in [3.05, 3.63) is 23.8 Å². The Hall–Kier alpha value is -2.51. The first-order valence-electron chi connectivity index (χ1n) is 7.14. The van der Waals surface area contributed by atoms with Crippen LogP contribution in [-0.2, 0) is 9.59 Å². The molecule has 0 aromatic carbocycles. The number of aryl methyl sites for hydroxylation is 1. The van der Waals surface area contributed by atoms with Crippen LogP contribution in [0.5, 0.6) is 0 Å². The maximum Gasteiger partial charge on any atom is 0.272 e. The molecule has 1 aromatic rings. The Morgan fingerprint density at radius 1 is 1.32 bits per heavy atom. The molecule has 0 saturated carbocycles. The van der Waals surface area contributed by atoms with Crippen LogP contribution < -0.4 is 11.1 Å². The molecule has 1 saturated heterocycles. The minimum Gasteiger partial charge on any atom is -0.368 e. The number of carbonyl (C=O) groups excluding carboxylic acids is 3. The molecule has 2 rings (SSSR count). The van der Waals surface area contributed by atoms with Gasteiger partial charge in [-0.15, -0.1) is 0 Å². The number of primary amides is 1. The molecule has 1 fully saturated rings. The summed E-state index contributed by atoms with van der Waals surface area (Å²) >= 11 is 0.